The van der Waals surface area contributed by atoms with Gasteiger partial charge < -0.3 is 0 Å². The molecule has 0 amide bonds. The van der Waals surface area contributed by atoms with Crippen molar-refractivity contribution in [3.63, 3.8) is 0 Å². The summed E-state index contributed by atoms with van der Waals surface area (Å²) in [7, 11) is 0. The number of allylic oxidation sites excluding steroid dienone is 2. The highest BCUT2D eigenvalue weighted by Crippen LogP contribution is 2.60. The van der Waals surface area contributed by atoms with E-state index < -0.39 is 0 Å². The van der Waals surface area contributed by atoms with Gasteiger partial charge in [0, 0.05) is 11.8 Å². The number of hydrogen-bond donors (Lipinski definition) is 0. The predicted octanol–water partition coefficient (Wildman–Crippen LogP) is 2.96. The van der Waals surface area contributed by atoms with E-state index in [0.717, 1.165) is 25.2 Å². The molecule has 0 N–H and O–H groups in total. The fourth-order valence-corrected chi connectivity index (χ4v) is 4.15. The Balaban J connectivity index is 2.11. The first-order chi connectivity index (χ1) is 6.63. The lowest BCUT2D eigenvalue weighted by atomic mass is 9.46. The topological polar surface area (TPSA) is 17.1 Å². The Kier molecular flexibility index (Phi) is 1.55. The van der Waals surface area contributed by atoms with Crippen molar-refractivity contribution in [2.75, 3.05) is 0 Å². The summed E-state index contributed by atoms with van der Waals surface area (Å²) in [5, 5.41) is 0. The van der Waals surface area contributed by atoms with Crippen LogP contribution in [0.2, 0.25) is 0 Å². The number of hydrogen-bond acceptors (Lipinski definition) is 1. The minimum atomic E-state index is 0.324. The molecule has 3 fully saturated rings. The minimum absolute atomic E-state index is 0.324. The van der Waals surface area contributed by atoms with Crippen molar-refractivity contribution < 1.29 is 4.79 Å². The summed E-state index contributed by atoms with van der Waals surface area (Å²) in [6.07, 6.45) is 6.93. The number of rotatable bonds is 0. The lowest BCUT2D eigenvalue weighted by Gasteiger charge is -2.56. The Morgan fingerprint density at radius 2 is 2.21 bits per heavy atom. The number of fused-ring (bicyclic) bond motifs is 1. The highest BCUT2D eigenvalue weighted by molar-refractivity contribution is 5.86. The van der Waals surface area contributed by atoms with Gasteiger partial charge in [0.2, 0.25) is 0 Å². The zero-order valence-electron chi connectivity index (χ0n) is 9.05. The van der Waals surface area contributed by atoms with Gasteiger partial charge in [-0.25, -0.2) is 0 Å². The van der Waals surface area contributed by atoms with Gasteiger partial charge in [-0.3, -0.25) is 4.79 Å². The summed E-state index contributed by atoms with van der Waals surface area (Å²) >= 11 is 0. The molecule has 4 aliphatic rings. The second-order valence-corrected chi connectivity index (χ2v) is 5.67. The van der Waals surface area contributed by atoms with Crippen LogP contribution in [0.1, 0.15) is 39.5 Å². The molecule has 1 heteroatoms. The van der Waals surface area contributed by atoms with Gasteiger partial charge in [0.1, 0.15) is 5.78 Å². The third-order valence-corrected chi connectivity index (χ3v) is 5.11. The first-order valence-corrected chi connectivity index (χ1v) is 5.83. The third-order valence-electron chi connectivity index (χ3n) is 5.11. The molecule has 0 saturated heterocycles. The summed E-state index contributed by atoms with van der Waals surface area (Å²) in [6, 6.07) is 0. The Morgan fingerprint density at radius 1 is 1.43 bits per heavy atom. The fourth-order valence-electron chi connectivity index (χ4n) is 4.15. The molecule has 0 unspecified atom stereocenters. The minimum Gasteiger partial charge on any atom is -0.299 e. The zero-order valence-corrected chi connectivity index (χ0v) is 9.05. The second-order valence-electron chi connectivity index (χ2n) is 5.67. The molecular weight excluding hydrogens is 172 g/mol. The van der Waals surface area contributed by atoms with Crippen LogP contribution in [0, 0.1) is 23.2 Å². The van der Waals surface area contributed by atoms with E-state index in [-0.39, 0.29) is 0 Å². The number of ketones is 1. The molecule has 0 aromatic heterocycles. The van der Waals surface area contributed by atoms with Crippen molar-refractivity contribution in [1.82, 2.24) is 0 Å². The molecule has 0 heterocycles. The maximum Gasteiger partial charge on any atom is 0.139 e. The molecule has 4 atom stereocenters. The van der Waals surface area contributed by atoms with E-state index >= 15 is 0 Å². The lowest BCUT2D eigenvalue weighted by molar-refractivity contribution is -0.147. The van der Waals surface area contributed by atoms with Gasteiger partial charge in [-0.1, -0.05) is 18.6 Å². The lowest BCUT2D eigenvalue weighted by Crippen LogP contribution is -2.54. The van der Waals surface area contributed by atoms with Crippen molar-refractivity contribution in [2.24, 2.45) is 23.2 Å². The monoisotopic (exact) mass is 190 g/mol. The molecule has 76 valence electrons. The molecule has 0 aromatic rings. The van der Waals surface area contributed by atoms with Gasteiger partial charge in [0.15, 0.2) is 0 Å². The normalized spacial score (nSPS) is 50.6. The van der Waals surface area contributed by atoms with Crippen molar-refractivity contribution in [3.8, 4) is 0 Å². The maximum atomic E-state index is 12.1. The average molecular weight is 190 g/mol. The van der Waals surface area contributed by atoms with Gasteiger partial charge in [0.05, 0.1) is 0 Å². The largest absolute Gasteiger partial charge is 0.299 e. The summed E-state index contributed by atoms with van der Waals surface area (Å²) < 4.78 is 0. The van der Waals surface area contributed by atoms with E-state index in [1.807, 2.05) is 0 Å². The van der Waals surface area contributed by atoms with Gasteiger partial charge in [-0.05, 0) is 43.9 Å². The van der Waals surface area contributed by atoms with Gasteiger partial charge in [-0.2, -0.15) is 0 Å². The van der Waals surface area contributed by atoms with E-state index in [4.69, 9.17) is 0 Å². The van der Waals surface area contributed by atoms with E-state index in [2.05, 4.69) is 19.9 Å². The van der Waals surface area contributed by atoms with Crippen LogP contribution in [-0.2, 0) is 4.79 Å². The Hall–Kier alpha value is -0.590. The first-order valence-electron chi connectivity index (χ1n) is 5.83. The molecule has 0 spiro atoms. The van der Waals surface area contributed by atoms with Gasteiger partial charge >= 0.3 is 0 Å². The standard InChI is InChI=1S/C13H18O/c1-8-3-4-10-12(14)9-5-6-13(10,2)11(8)7-9/h3,9-11H,4-7H2,1-2H3/t9-,10+,11+,13-/m1/s1. The SMILES string of the molecule is CC1=CC[C@H]2C(=O)[C@@H]3CC[C@@]2(C)[C@H]1C3. The predicted molar refractivity (Wildman–Crippen MR) is 55.8 cm³/mol. The van der Waals surface area contributed by atoms with Crippen molar-refractivity contribution >= 4 is 5.78 Å². The number of Topliss-reactive ketones (excluding diaryl/α,β-unsaturated/α-hetero) is 1. The Morgan fingerprint density at radius 3 is 3.00 bits per heavy atom. The highest BCUT2D eigenvalue weighted by atomic mass is 16.1. The van der Waals surface area contributed by atoms with E-state index in [1.54, 1.807) is 5.57 Å². The maximum absolute atomic E-state index is 12.1. The number of carbonyl (C=O) groups excluding carboxylic acids is 1. The van der Waals surface area contributed by atoms with Crippen molar-refractivity contribution in [3.05, 3.63) is 11.6 Å². The van der Waals surface area contributed by atoms with Crippen LogP contribution < -0.4 is 0 Å². The number of carbonyl (C=O) groups is 1. The Labute approximate surface area is 85.6 Å². The summed E-state index contributed by atoms with van der Waals surface area (Å²) in [5.41, 5.74) is 1.88. The zero-order chi connectivity index (χ0) is 9.92. The first kappa shape index (κ1) is 8.70. The van der Waals surface area contributed by atoms with E-state index in [0.29, 0.717) is 23.0 Å². The molecule has 3 saturated carbocycles. The fraction of sp³-hybridized carbons (Fsp3) is 0.769. The quantitative estimate of drug-likeness (QED) is 0.537. The van der Waals surface area contributed by atoms with Crippen molar-refractivity contribution in [2.45, 2.75) is 39.5 Å². The van der Waals surface area contributed by atoms with Crippen LogP contribution >= 0.6 is 0 Å². The molecule has 4 bridgehead atoms. The summed E-state index contributed by atoms with van der Waals surface area (Å²) in [5.74, 6) is 2.08. The summed E-state index contributed by atoms with van der Waals surface area (Å²) in [4.78, 5) is 12.1. The summed E-state index contributed by atoms with van der Waals surface area (Å²) in [6.45, 7) is 4.61. The molecule has 4 rings (SSSR count). The highest BCUT2D eigenvalue weighted by Gasteiger charge is 2.56. The average Bonchev–Trinajstić information content (AvgIpc) is 2.15. The second kappa shape index (κ2) is 2.50. The van der Waals surface area contributed by atoms with Crippen LogP contribution in [0.15, 0.2) is 11.6 Å². The van der Waals surface area contributed by atoms with Crippen LogP contribution in [0.5, 0.6) is 0 Å². The molecular formula is C13H18O. The van der Waals surface area contributed by atoms with Crippen LogP contribution in [0.3, 0.4) is 0 Å². The van der Waals surface area contributed by atoms with Crippen LogP contribution in [-0.4, -0.2) is 5.78 Å². The third kappa shape index (κ3) is 0.838. The molecule has 0 radical (unpaired) electrons. The van der Waals surface area contributed by atoms with E-state index in [1.165, 1.54) is 6.42 Å². The van der Waals surface area contributed by atoms with Crippen LogP contribution in [0.25, 0.3) is 0 Å². The van der Waals surface area contributed by atoms with Gasteiger partial charge in [0.25, 0.3) is 0 Å². The van der Waals surface area contributed by atoms with Crippen LogP contribution in [0.4, 0.5) is 0 Å². The van der Waals surface area contributed by atoms with Crippen molar-refractivity contribution in [1.29, 1.82) is 0 Å². The molecule has 0 aromatic carbocycles. The molecule has 4 aliphatic carbocycles. The van der Waals surface area contributed by atoms with E-state index in [9.17, 15) is 4.79 Å². The molecule has 1 nitrogen and oxygen atoms in total. The molecule has 14 heavy (non-hydrogen) atoms. The smallest absolute Gasteiger partial charge is 0.139 e. The van der Waals surface area contributed by atoms with Gasteiger partial charge in [-0.15, -0.1) is 0 Å². The Bertz CT molecular complexity index is 324. The molecule has 0 aliphatic heterocycles.